The summed E-state index contributed by atoms with van der Waals surface area (Å²) in [6.45, 7) is 3.83. The molecule has 1 aliphatic carbocycles. The minimum absolute atomic E-state index is 0.0967. The normalized spacial score (nSPS) is 26.2. The van der Waals surface area contributed by atoms with Crippen LogP contribution in [0.4, 0.5) is 13.2 Å². The molecule has 1 saturated heterocycles. The summed E-state index contributed by atoms with van der Waals surface area (Å²) in [5.74, 6) is -1.31. The van der Waals surface area contributed by atoms with E-state index in [4.69, 9.17) is 0 Å². The number of nitrogens with one attached hydrogen (secondary N) is 1. The number of alkyl halides is 3. The van der Waals surface area contributed by atoms with Gasteiger partial charge in [0.15, 0.2) is 0 Å². The molecule has 1 N–H and O–H groups in total. The molecule has 3 rings (SSSR count). The number of hydrogen-bond donors (Lipinski definition) is 1. The predicted molar refractivity (Wildman–Crippen MR) is 82.4 cm³/mol. The van der Waals surface area contributed by atoms with Gasteiger partial charge in [-0.1, -0.05) is 0 Å². The summed E-state index contributed by atoms with van der Waals surface area (Å²) in [5, 5.41) is 7.15. The number of aromatic nitrogens is 2. The summed E-state index contributed by atoms with van der Waals surface area (Å²) >= 11 is 0. The summed E-state index contributed by atoms with van der Waals surface area (Å²) in [4.78, 5) is 14.1. The Labute approximate surface area is 139 Å². The fourth-order valence-corrected chi connectivity index (χ4v) is 3.51. The van der Waals surface area contributed by atoms with Crippen molar-refractivity contribution in [3.8, 4) is 0 Å². The first-order chi connectivity index (χ1) is 11.3. The van der Waals surface area contributed by atoms with Gasteiger partial charge in [-0.05, 0) is 38.2 Å². The number of nitrogens with zero attached hydrogens (tertiary/aromatic N) is 3. The average Bonchev–Trinajstić information content (AvgIpc) is 2.88. The van der Waals surface area contributed by atoms with Crippen molar-refractivity contribution in [2.24, 2.45) is 5.92 Å². The number of rotatable bonds is 4. The van der Waals surface area contributed by atoms with Gasteiger partial charge < -0.3 is 5.32 Å². The van der Waals surface area contributed by atoms with Gasteiger partial charge in [-0.15, -0.1) is 0 Å². The molecule has 134 valence electrons. The maximum atomic E-state index is 12.6. The second-order valence-electron chi connectivity index (χ2n) is 7.00. The van der Waals surface area contributed by atoms with Crippen molar-refractivity contribution in [1.82, 2.24) is 20.0 Å². The van der Waals surface area contributed by atoms with Crippen molar-refractivity contribution in [3.63, 3.8) is 0 Å². The lowest BCUT2D eigenvalue weighted by atomic mass is 9.85. The average molecular weight is 344 g/mol. The molecule has 5 nitrogen and oxygen atoms in total. The van der Waals surface area contributed by atoms with E-state index in [1.165, 1.54) is 0 Å². The van der Waals surface area contributed by atoms with E-state index in [0.717, 1.165) is 18.7 Å². The molecule has 2 fully saturated rings. The van der Waals surface area contributed by atoms with Crippen molar-refractivity contribution in [1.29, 1.82) is 0 Å². The Balaban J connectivity index is 1.36. The van der Waals surface area contributed by atoms with E-state index >= 15 is 0 Å². The molecular formula is C16H23F3N4O. The lowest BCUT2D eigenvalue weighted by molar-refractivity contribution is -0.182. The smallest absolute Gasteiger partial charge is 0.352 e. The molecule has 1 aromatic rings. The van der Waals surface area contributed by atoms with Crippen molar-refractivity contribution >= 4 is 5.91 Å². The SMILES string of the molecule is Cc1cnn(C2CN(CC(=O)NC3CCC(C(F)(F)F)CC3)C2)c1. The van der Waals surface area contributed by atoms with Gasteiger partial charge in [0.1, 0.15) is 0 Å². The fourth-order valence-electron chi connectivity index (χ4n) is 3.51. The molecule has 0 atom stereocenters. The molecule has 0 aromatic carbocycles. The van der Waals surface area contributed by atoms with Crippen LogP contribution < -0.4 is 5.32 Å². The summed E-state index contributed by atoms with van der Waals surface area (Å²) in [7, 11) is 0. The number of halogens is 3. The van der Waals surface area contributed by atoms with Gasteiger partial charge in [0.2, 0.25) is 5.91 Å². The topological polar surface area (TPSA) is 50.2 Å². The van der Waals surface area contributed by atoms with Gasteiger partial charge in [0.25, 0.3) is 0 Å². The van der Waals surface area contributed by atoms with Crippen LogP contribution in [0, 0.1) is 12.8 Å². The van der Waals surface area contributed by atoms with Crippen LogP contribution in [0.5, 0.6) is 0 Å². The van der Waals surface area contributed by atoms with E-state index < -0.39 is 12.1 Å². The quantitative estimate of drug-likeness (QED) is 0.912. The molecule has 0 bridgehead atoms. The monoisotopic (exact) mass is 344 g/mol. The number of carbonyl (C=O) groups excluding carboxylic acids is 1. The third kappa shape index (κ3) is 4.09. The molecule has 1 aliphatic heterocycles. The number of carbonyl (C=O) groups is 1. The Morgan fingerprint density at radius 2 is 1.96 bits per heavy atom. The zero-order valence-corrected chi connectivity index (χ0v) is 13.7. The van der Waals surface area contributed by atoms with E-state index in [9.17, 15) is 18.0 Å². The zero-order chi connectivity index (χ0) is 17.3. The first-order valence-electron chi connectivity index (χ1n) is 8.40. The van der Waals surface area contributed by atoms with Crippen molar-refractivity contribution < 1.29 is 18.0 Å². The first kappa shape index (κ1) is 17.3. The molecule has 0 spiro atoms. The van der Waals surface area contributed by atoms with E-state index in [1.807, 2.05) is 28.9 Å². The molecule has 2 aliphatic rings. The van der Waals surface area contributed by atoms with E-state index in [1.54, 1.807) is 0 Å². The van der Waals surface area contributed by atoms with Crippen molar-refractivity contribution in [2.75, 3.05) is 19.6 Å². The Morgan fingerprint density at radius 3 is 2.50 bits per heavy atom. The van der Waals surface area contributed by atoms with Crippen LogP contribution >= 0.6 is 0 Å². The summed E-state index contributed by atoms with van der Waals surface area (Å²) in [5.41, 5.74) is 1.11. The molecule has 24 heavy (non-hydrogen) atoms. The number of amides is 1. The lowest BCUT2D eigenvalue weighted by Gasteiger charge is -2.39. The first-order valence-corrected chi connectivity index (χ1v) is 8.40. The highest BCUT2D eigenvalue weighted by molar-refractivity contribution is 5.78. The molecule has 1 saturated carbocycles. The van der Waals surface area contributed by atoms with Gasteiger partial charge in [0, 0.05) is 25.3 Å². The Kier molecular flexibility index (Phi) is 4.85. The van der Waals surface area contributed by atoms with E-state index in [2.05, 4.69) is 10.4 Å². The lowest BCUT2D eigenvalue weighted by Crippen LogP contribution is -2.53. The minimum Gasteiger partial charge on any atom is -0.352 e. The van der Waals surface area contributed by atoms with Crippen molar-refractivity contribution in [2.45, 2.75) is 50.9 Å². The fraction of sp³-hybridized carbons (Fsp3) is 0.750. The molecule has 0 unspecified atom stereocenters. The van der Waals surface area contributed by atoms with Crippen LogP contribution in [-0.2, 0) is 4.79 Å². The Bertz CT molecular complexity index is 572. The summed E-state index contributed by atoms with van der Waals surface area (Å²) in [6, 6.07) is 0.177. The van der Waals surface area contributed by atoms with Crippen LogP contribution in [0.1, 0.15) is 37.3 Å². The minimum atomic E-state index is -4.10. The molecule has 0 radical (unpaired) electrons. The van der Waals surface area contributed by atoms with Crippen LogP contribution in [0.3, 0.4) is 0 Å². The highest BCUT2D eigenvalue weighted by Crippen LogP contribution is 2.37. The molecular weight excluding hydrogens is 321 g/mol. The van der Waals surface area contributed by atoms with Crippen LogP contribution in [0.15, 0.2) is 12.4 Å². The van der Waals surface area contributed by atoms with E-state index in [-0.39, 0.29) is 24.8 Å². The summed E-state index contributed by atoms with van der Waals surface area (Å²) < 4.78 is 39.8. The summed E-state index contributed by atoms with van der Waals surface area (Å²) in [6.07, 6.45) is 0.730. The zero-order valence-electron chi connectivity index (χ0n) is 13.7. The number of hydrogen-bond acceptors (Lipinski definition) is 3. The van der Waals surface area contributed by atoms with Crippen LogP contribution in [0.25, 0.3) is 0 Å². The third-order valence-corrected chi connectivity index (χ3v) is 4.97. The van der Waals surface area contributed by atoms with Crippen LogP contribution in [-0.4, -0.2) is 52.4 Å². The van der Waals surface area contributed by atoms with Gasteiger partial charge in [-0.3, -0.25) is 14.4 Å². The predicted octanol–water partition coefficient (Wildman–Crippen LogP) is 2.29. The molecule has 8 heteroatoms. The molecule has 2 heterocycles. The highest BCUT2D eigenvalue weighted by Gasteiger charge is 2.41. The van der Waals surface area contributed by atoms with Gasteiger partial charge >= 0.3 is 6.18 Å². The van der Waals surface area contributed by atoms with Crippen LogP contribution in [0.2, 0.25) is 0 Å². The van der Waals surface area contributed by atoms with Crippen molar-refractivity contribution in [3.05, 3.63) is 18.0 Å². The Morgan fingerprint density at radius 1 is 1.29 bits per heavy atom. The number of likely N-dealkylation sites (tertiary alicyclic amines) is 1. The van der Waals surface area contributed by atoms with Gasteiger partial charge in [-0.25, -0.2) is 0 Å². The van der Waals surface area contributed by atoms with Gasteiger partial charge in [-0.2, -0.15) is 18.3 Å². The third-order valence-electron chi connectivity index (χ3n) is 4.97. The second kappa shape index (κ2) is 6.74. The maximum Gasteiger partial charge on any atom is 0.391 e. The highest BCUT2D eigenvalue weighted by atomic mass is 19.4. The maximum absolute atomic E-state index is 12.6. The molecule has 1 aromatic heterocycles. The Hall–Kier alpha value is -1.57. The second-order valence-corrected chi connectivity index (χ2v) is 7.00. The van der Waals surface area contributed by atoms with E-state index in [0.29, 0.717) is 25.4 Å². The number of aryl methyl sites for hydroxylation is 1. The standard InChI is InChI=1S/C16H23F3N4O/c1-11-6-20-23(7-11)14-8-22(9-14)10-15(24)21-13-4-2-12(3-5-13)16(17,18)19/h6-7,12-14H,2-5,8-10H2,1H3,(H,21,24). The largest absolute Gasteiger partial charge is 0.391 e. The molecule has 1 amide bonds. The van der Waals surface area contributed by atoms with Gasteiger partial charge in [0.05, 0.1) is 24.7 Å².